The fourth-order valence-electron chi connectivity index (χ4n) is 0.590. The second kappa shape index (κ2) is 6.04. The maximum absolute atomic E-state index is 10.7. The molecule has 0 aliphatic carbocycles. The zero-order valence-corrected chi connectivity index (χ0v) is 11.6. The number of aliphatic hydroxyl groups is 1. The fraction of sp³-hybridized carbons (Fsp3) is 1.00. The predicted octanol–water partition coefficient (Wildman–Crippen LogP) is -1.15. The molecule has 11 heteroatoms. The van der Waals surface area contributed by atoms with Crippen molar-refractivity contribution >= 4 is 31.6 Å². The number of halogens is 1. The highest BCUT2D eigenvalue weighted by Gasteiger charge is 2.20. The predicted molar refractivity (Wildman–Crippen MR) is 51.3 cm³/mol. The Morgan fingerprint density at radius 3 is 2.25 bits per heavy atom. The largest absolute Gasteiger partial charge is 0.790 e. The Hall–Kier alpha value is 0.700. The van der Waals surface area contributed by atoms with Gasteiger partial charge >= 0.3 is 0 Å². The van der Waals surface area contributed by atoms with Crippen LogP contribution < -0.4 is 14.7 Å². The Morgan fingerprint density at radius 2 is 1.88 bits per heavy atom. The summed E-state index contributed by atoms with van der Waals surface area (Å²) in [4.78, 5) is 30.7. The van der Waals surface area contributed by atoms with Gasteiger partial charge in [-0.15, -0.1) is 0 Å². The average molecular weight is 340 g/mol. The molecule has 0 aromatic heterocycles. The maximum atomic E-state index is 10.7. The summed E-state index contributed by atoms with van der Waals surface area (Å²) in [6.07, 6.45) is -0.0874. The first-order valence-corrected chi connectivity index (χ1v) is 7.99. The number of rotatable bonds is 7. The van der Waals surface area contributed by atoms with Gasteiger partial charge in [0, 0.05) is 11.8 Å². The lowest BCUT2D eigenvalue weighted by atomic mass is 10.1. The number of hydrogen-bond acceptors (Lipinski definition) is 8. The summed E-state index contributed by atoms with van der Waals surface area (Å²) in [6.45, 7) is 0.910. The minimum atomic E-state index is -5.65. The van der Waals surface area contributed by atoms with E-state index in [0.29, 0.717) is 0 Å². The van der Waals surface area contributed by atoms with E-state index in [-0.39, 0.29) is 11.8 Å². The van der Waals surface area contributed by atoms with Gasteiger partial charge in [-0.3, -0.25) is 8.88 Å². The van der Waals surface area contributed by atoms with Crippen LogP contribution >= 0.6 is 31.6 Å². The van der Waals surface area contributed by atoms with E-state index in [1.165, 1.54) is 6.92 Å². The Labute approximate surface area is 101 Å². The van der Waals surface area contributed by atoms with E-state index < -0.39 is 27.9 Å². The lowest BCUT2D eigenvalue weighted by molar-refractivity contribution is -0.339. The van der Waals surface area contributed by atoms with E-state index in [1.807, 2.05) is 0 Å². The van der Waals surface area contributed by atoms with Crippen molar-refractivity contribution in [2.24, 2.45) is 0 Å². The van der Waals surface area contributed by atoms with Gasteiger partial charge in [-0.2, -0.15) is 0 Å². The van der Waals surface area contributed by atoms with Gasteiger partial charge in [0.2, 0.25) is 0 Å². The minimum absolute atomic E-state index is 0.0874. The molecule has 0 bridgehead atoms. The van der Waals surface area contributed by atoms with Gasteiger partial charge in [0.25, 0.3) is 7.82 Å². The summed E-state index contributed by atoms with van der Waals surface area (Å²) in [5, 5.41) is 9.59. The van der Waals surface area contributed by atoms with Crippen molar-refractivity contribution in [3.05, 3.63) is 0 Å². The standard InChI is InChI=1S/C5H13BrO8P2/c1-5(7,4-6)2-3-13-16(11,12)14-15(8,9)10/h7H,2-4H2,1H3,(H,11,12)(H2,8,9,10)/p-3. The van der Waals surface area contributed by atoms with Gasteiger partial charge in [0.05, 0.1) is 20.0 Å². The molecule has 0 aromatic rings. The van der Waals surface area contributed by atoms with Crippen LogP contribution in [-0.2, 0) is 18.0 Å². The molecule has 0 fully saturated rings. The Bertz CT molecular complexity index is 312. The summed E-state index contributed by atoms with van der Waals surface area (Å²) >= 11 is 2.97. The van der Waals surface area contributed by atoms with Crippen LogP contribution in [0.5, 0.6) is 0 Å². The number of phosphoric ester groups is 1. The summed E-state index contributed by atoms with van der Waals surface area (Å²) in [7, 11) is -10.8. The first-order valence-electron chi connectivity index (χ1n) is 3.95. The Morgan fingerprint density at radius 1 is 1.38 bits per heavy atom. The molecule has 0 rings (SSSR count). The SMILES string of the molecule is CC(O)(CBr)CCOP(=O)([O-])OP(=O)([O-])[O-]. The number of hydrogen-bond donors (Lipinski definition) is 1. The van der Waals surface area contributed by atoms with Gasteiger partial charge in [-0.05, 0) is 6.92 Å². The maximum Gasteiger partial charge on any atom is 0.271 e. The van der Waals surface area contributed by atoms with Crippen LogP contribution in [0.4, 0.5) is 0 Å². The lowest BCUT2D eigenvalue weighted by Gasteiger charge is -2.35. The van der Waals surface area contributed by atoms with E-state index in [4.69, 9.17) is 0 Å². The monoisotopic (exact) mass is 339 g/mol. The fourth-order valence-corrected chi connectivity index (χ4v) is 2.35. The van der Waals surface area contributed by atoms with Crippen molar-refractivity contribution in [3.8, 4) is 0 Å². The Kier molecular flexibility index (Phi) is 6.30. The third kappa shape index (κ3) is 8.81. The normalized spacial score (nSPS) is 20.1. The number of phosphoric acid groups is 2. The molecule has 0 radical (unpaired) electrons. The van der Waals surface area contributed by atoms with Crippen molar-refractivity contribution in [1.82, 2.24) is 0 Å². The molecular formula is C5H10BrO8P2-3. The van der Waals surface area contributed by atoms with Crippen LogP contribution in [0.3, 0.4) is 0 Å². The zero-order chi connectivity index (χ0) is 13.0. The van der Waals surface area contributed by atoms with E-state index >= 15 is 0 Å². The highest BCUT2D eigenvalue weighted by molar-refractivity contribution is 9.09. The van der Waals surface area contributed by atoms with E-state index in [9.17, 15) is 28.9 Å². The van der Waals surface area contributed by atoms with E-state index in [1.54, 1.807) is 0 Å². The summed E-state index contributed by atoms with van der Waals surface area (Å²) in [6, 6.07) is 0. The molecule has 8 nitrogen and oxygen atoms in total. The molecule has 0 saturated carbocycles. The zero-order valence-electron chi connectivity index (χ0n) is 8.20. The lowest BCUT2D eigenvalue weighted by Crippen LogP contribution is -2.28. The molecule has 16 heavy (non-hydrogen) atoms. The highest BCUT2D eigenvalue weighted by Crippen LogP contribution is 2.50. The van der Waals surface area contributed by atoms with E-state index in [0.717, 1.165) is 0 Å². The van der Waals surface area contributed by atoms with Crippen LogP contribution in [-0.4, -0.2) is 22.6 Å². The molecule has 98 valence electrons. The molecule has 0 amide bonds. The van der Waals surface area contributed by atoms with Crippen molar-refractivity contribution in [1.29, 1.82) is 0 Å². The third-order valence-electron chi connectivity index (χ3n) is 1.38. The second-order valence-electron chi connectivity index (χ2n) is 3.19. The van der Waals surface area contributed by atoms with Gasteiger partial charge in [0.1, 0.15) is 0 Å². The molecule has 1 N–H and O–H groups in total. The molecule has 2 unspecified atom stereocenters. The van der Waals surface area contributed by atoms with Gasteiger partial charge in [-0.25, -0.2) is 0 Å². The van der Waals surface area contributed by atoms with Crippen LogP contribution in [0.1, 0.15) is 13.3 Å². The van der Waals surface area contributed by atoms with Crippen LogP contribution in [0.15, 0.2) is 0 Å². The van der Waals surface area contributed by atoms with Gasteiger partial charge in [-0.1, -0.05) is 15.9 Å². The molecule has 0 aliphatic heterocycles. The smallest absolute Gasteiger partial charge is 0.271 e. The average Bonchev–Trinajstić information content (AvgIpc) is 1.98. The van der Waals surface area contributed by atoms with Crippen LogP contribution in [0.2, 0.25) is 0 Å². The first-order chi connectivity index (χ1) is 6.97. The van der Waals surface area contributed by atoms with Crippen molar-refractivity contribution in [2.45, 2.75) is 18.9 Å². The summed E-state index contributed by atoms with van der Waals surface area (Å²) in [5.41, 5.74) is -1.21. The second-order valence-corrected chi connectivity index (χ2v) is 6.45. The van der Waals surface area contributed by atoms with Gasteiger partial charge in [0.15, 0.2) is 0 Å². The third-order valence-corrected chi connectivity index (χ3v) is 4.68. The van der Waals surface area contributed by atoms with Crippen LogP contribution in [0, 0.1) is 0 Å². The first kappa shape index (κ1) is 16.7. The van der Waals surface area contributed by atoms with Gasteiger partial charge < -0.3 is 28.9 Å². The molecule has 0 aliphatic rings. The Balaban J connectivity index is 4.11. The van der Waals surface area contributed by atoms with Crippen molar-refractivity contribution in [2.75, 3.05) is 11.9 Å². The summed E-state index contributed by atoms with van der Waals surface area (Å²) in [5.74, 6) is 0. The quantitative estimate of drug-likeness (QED) is 0.452. The molecule has 2 atom stereocenters. The van der Waals surface area contributed by atoms with Crippen LogP contribution in [0.25, 0.3) is 0 Å². The van der Waals surface area contributed by atoms with Crippen molar-refractivity contribution < 1.29 is 37.8 Å². The van der Waals surface area contributed by atoms with Crippen molar-refractivity contribution in [3.63, 3.8) is 0 Å². The van der Waals surface area contributed by atoms with E-state index in [2.05, 4.69) is 24.8 Å². The molecule has 0 saturated heterocycles. The molecular weight excluding hydrogens is 330 g/mol. The summed E-state index contributed by atoms with van der Waals surface area (Å²) < 4.78 is 28.0. The molecule has 0 spiro atoms. The highest BCUT2D eigenvalue weighted by atomic mass is 79.9. The number of alkyl halides is 1. The molecule has 0 aromatic carbocycles. The minimum Gasteiger partial charge on any atom is -0.790 e. The molecule has 0 heterocycles. The topological polar surface area (TPSA) is 142 Å².